The van der Waals surface area contributed by atoms with Gasteiger partial charge in [0.2, 0.25) is 0 Å². The van der Waals surface area contributed by atoms with Crippen molar-refractivity contribution in [3.8, 4) is 0 Å². The Morgan fingerprint density at radius 3 is 2.67 bits per heavy atom. The molecule has 1 unspecified atom stereocenters. The largest absolute Gasteiger partial charge is 0.335 e. The number of halogens is 3. The summed E-state index contributed by atoms with van der Waals surface area (Å²) in [5.74, 6) is -2.99. The lowest BCUT2D eigenvalue weighted by Gasteiger charge is -2.18. The monoisotopic (exact) mass is 297 g/mol. The molecular weight excluding hydrogens is 279 g/mol. The Morgan fingerprint density at radius 2 is 2.00 bits per heavy atom. The van der Waals surface area contributed by atoms with Gasteiger partial charge in [0.25, 0.3) is 0 Å². The first kappa shape index (κ1) is 15.6. The van der Waals surface area contributed by atoms with Crippen LogP contribution >= 0.6 is 0 Å². The normalized spacial score (nSPS) is 12.6. The third kappa shape index (κ3) is 3.26. The Hall–Kier alpha value is -1.82. The van der Waals surface area contributed by atoms with E-state index in [0.29, 0.717) is 6.42 Å². The zero-order chi connectivity index (χ0) is 15.4. The molecule has 0 bridgehead atoms. The average Bonchev–Trinajstić information content (AvgIpc) is 2.91. The van der Waals surface area contributed by atoms with Gasteiger partial charge in [0.15, 0.2) is 17.5 Å². The fourth-order valence-corrected chi connectivity index (χ4v) is 2.33. The maximum atomic E-state index is 13.9. The number of hydrogen-bond donors (Lipinski definition) is 1. The second-order valence-electron chi connectivity index (χ2n) is 4.85. The summed E-state index contributed by atoms with van der Waals surface area (Å²) in [5, 5.41) is 2.93. The highest BCUT2D eigenvalue weighted by Crippen LogP contribution is 2.24. The van der Waals surface area contributed by atoms with Crippen molar-refractivity contribution in [3.63, 3.8) is 0 Å². The lowest BCUT2D eigenvalue weighted by Crippen LogP contribution is -2.22. The third-order valence-electron chi connectivity index (χ3n) is 3.44. The minimum Gasteiger partial charge on any atom is -0.335 e. The van der Waals surface area contributed by atoms with Gasteiger partial charge in [0.05, 0.1) is 0 Å². The fourth-order valence-electron chi connectivity index (χ4n) is 2.33. The summed E-state index contributed by atoms with van der Waals surface area (Å²) in [4.78, 5) is 4.25. The Morgan fingerprint density at radius 1 is 1.24 bits per heavy atom. The van der Waals surface area contributed by atoms with Gasteiger partial charge in [-0.3, -0.25) is 0 Å². The van der Waals surface area contributed by atoms with Crippen LogP contribution in [0.4, 0.5) is 13.2 Å². The molecule has 1 heterocycles. The lowest BCUT2D eigenvalue weighted by molar-refractivity contribution is 0.426. The van der Waals surface area contributed by atoms with Crippen molar-refractivity contribution in [1.29, 1.82) is 0 Å². The van der Waals surface area contributed by atoms with Gasteiger partial charge in [0, 0.05) is 37.0 Å². The van der Waals surface area contributed by atoms with Gasteiger partial charge >= 0.3 is 0 Å². The van der Waals surface area contributed by atoms with Crippen molar-refractivity contribution < 1.29 is 13.2 Å². The quantitative estimate of drug-likeness (QED) is 0.830. The maximum absolute atomic E-state index is 13.9. The number of imidazole rings is 1. The number of rotatable bonds is 6. The van der Waals surface area contributed by atoms with E-state index < -0.39 is 23.5 Å². The molecule has 0 aliphatic heterocycles. The molecule has 0 radical (unpaired) electrons. The molecule has 1 atom stereocenters. The van der Waals surface area contributed by atoms with E-state index in [4.69, 9.17) is 0 Å². The summed E-state index contributed by atoms with van der Waals surface area (Å²) in [6.45, 7) is 2.86. The molecule has 0 saturated heterocycles. The van der Waals surface area contributed by atoms with E-state index in [1.54, 1.807) is 13.2 Å². The molecule has 1 aromatic heterocycles. The molecule has 2 rings (SSSR count). The summed E-state index contributed by atoms with van der Waals surface area (Å²) >= 11 is 0. The number of hydrogen-bond acceptors (Lipinski definition) is 2. The standard InChI is InChI=1S/C15H18F3N3/c1-3-7-21-8-6-20-13(21)9-12(19-2)10-4-5-11(16)15(18)14(10)17/h4-6,8,12,19H,3,7,9H2,1-2H3. The minimum atomic E-state index is -1.44. The topological polar surface area (TPSA) is 29.9 Å². The molecular formula is C15H18F3N3. The zero-order valence-electron chi connectivity index (χ0n) is 12.0. The second kappa shape index (κ2) is 6.76. The number of aryl methyl sites for hydroxylation is 1. The summed E-state index contributed by atoms with van der Waals surface area (Å²) < 4.78 is 42.3. The van der Waals surface area contributed by atoms with E-state index in [9.17, 15) is 13.2 Å². The van der Waals surface area contributed by atoms with Gasteiger partial charge in [0.1, 0.15) is 5.82 Å². The Balaban J connectivity index is 2.28. The molecule has 1 N–H and O–H groups in total. The van der Waals surface area contributed by atoms with Crippen LogP contribution in [0.15, 0.2) is 24.5 Å². The molecule has 0 amide bonds. The molecule has 1 aromatic carbocycles. The van der Waals surface area contributed by atoms with Crippen molar-refractivity contribution in [2.75, 3.05) is 7.05 Å². The molecule has 2 aromatic rings. The number of benzene rings is 1. The number of nitrogens with zero attached hydrogens (tertiary/aromatic N) is 2. The first-order chi connectivity index (χ1) is 10.1. The number of aromatic nitrogens is 2. The van der Waals surface area contributed by atoms with Crippen LogP contribution in [0.2, 0.25) is 0 Å². The van der Waals surface area contributed by atoms with Crippen LogP contribution in [0.5, 0.6) is 0 Å². The summed E-state index contributed by atoms with van der Waals surface area (Å²) in [7, 11) is 1.65. The van der Waals surface area contributed by atoms with Crippen LogP contribution < -0.4 is 5.32 Å². The predicted octanol–water partition coefficient (Wildman–Crippen LogP) is 3.21. The smallest absolute Gasteiger partial charge is 0.194 e. The average molecular weight is 297 g/mol. The van der Waals surface area contributed by atoms with Gasteiger partial charge in [-0.15, -0.1) is 0 Å². The first-order valence-electron chi connectivity index (χ1n) is 6.89. The van der Waals surface area contributed by atoms with E-state index in [1.807, 2.05) is 17.7 Å². The van der Waals surface area contributed by atoms with Gasteiger partial charge in [-0.1, -0.05) is 13.0 Å². The van der Waals surface area contributed by atoms with Crippen LogP contribution in [0, 0.1) is 17.5 Å². The highest BCUT2D eigenvalue weighted by Gasteiger charge is 2.21. The van der Waals surface area contributed by atoms with Gasteiger partial charge < -0.3 is 9.88 Å². The highest BCUT2D eigenvalue weighted by molar-refractivity contribution is 5.24. The molecule has 0 spiro atoms. The first-order valence-corrected chi connectivity index (χ1v) is 6.89. The van der Waals surface area contributed by atoms with Crippen molar-refractivity contribution in [2.45, 2.75) is 32.4 Å². The molecule has 114 valence electrons. The van der Waals surface area contributed by atoms with E-state index >= 15 is 0 Å². The Bertz CT molecular complexity index is 610. The molecule has 0 fully saturated rings. The van der Waals surface area contributed by atoms with E-state index in [1.165, 1.54) is 6.07 Å². The Kier molecular flexibility index (Phi) is 5.01. The van der Waals surface area contributed by atoms with Crippen LogP contribution in [-0.4, -0.2) is 16.6 Å². The van der Waals surface area contributed by atoms with Gasteiger partial charge in [-0.05, 0) is 19.5 Å². The van der Waals surface area contributed by atoms with Crippen molar-refractivity contribution in [3.05, 3.63) is 53.4 Å². The molecule has 3 nitrogen and oxygen atoms in total. The van der Waals surface area contributed by atoms with Crippen molar-refractivity contribution >= 4 is 0 Å². The number of likely N-dealkylation sites (N-methyl/N-ethyl adjacent to an activating group) is 1. The van der Waals surface area contributed by atoms with Gasteiger partial charge in [-0.2, -0.15) is 0 Å². The molecule has 0 aliphatic rings. The highest BCUT2D eigenvalue weighted by atomic mass is 19.2. The SMILES string of the molecule is CCCn1ccnc1CC(NC)c1ccc(F)c(F)c1F. The molecule has 21 heavy (non-hydrogen) atoms. The summed E-state index contributed by atoms with van der Waals surface area (Å²) in [6.07, 6.45) is 4.88. The van der Waals surface area contributed by atoms with Crippen molar-refractivity contribution in [1.82, 2.24) is 14.9 Å². The third-order valence-corrected chi connectivity index (χ3v) is 3.44. The molecule has 6 heteroatoms. The van der Waals surface area contributed by atoms with E-state index in [2.05, 4.69) is 10.3 Å². The van der Waals surface area contributed by atoms with E-state index in [-0.39, 0.29) is 5.56 Å². The predicted molar refractivity (Wildman–Crippen MR) is 74.3 cm³/mol. The van der Waals surface area contributed by atoms with Crippen molar-refractivity contribution in [2.24, 2.45) is 0 Å². The summed E-state index contributed by atoms with van der Waals surface area (Å²) in [5.41, 5.74) is 0.0995. The van der Waals surface area contributed by atoms with E-state index in [0.717, 1.165) is 24.9 Å². The zero-order valence-corrected chi connectivity index (χ0v) is 12.0. The van der Waals surface area contributed by atoms with Crippen LogP contribution in [0.25, 0.3) is 0 Å². The second-order valence-corrected chi connectivity index (χ2v) is 4.85. The lowest BCUT2D eigenvalue weighted by atomic mass is 10.0. The maximum Gasteiger partial charge on any atom is 0.194 e. The fraction of sp³-hybridized carbons (Fsp3) is 0.400. The van der Waals surface area contributed by atoms with Crippen LogP contribution in [-0.2, 0) is 13.0 Å². The molecule has 0 aliphatic carbocycles. The van der Waals surface area contributed by atoms with Crippen LogP contribution in [0.1, 0.15) is 30.8 Å². The molecule has 0 saturated carbocycles. The Labute approximate surface area is 121 Å². The minimum absolute atomic E-state index is 0.0995. The summed E-state index contributed by atoms with van der Waals surface area (Å²) in [6, 6.07) is 1.73. The van der Waals surface area contributed by atoms with Crippen LogP contribution in [0.3, 0.4) is 0 Å². The number of nitrogens with one attached hydrogen (secondary N) is 1. The van der Waals surface area contributed by atoms with Gasteiger partial charge in [-0.25, -0.2) is 18.2 Å².